The minimum Gasteiger partial charge on any atom is -0.497 e. The van der Waals surface area contributed by atoms with E-state index in [4.69, 9.17) is 4.74 Å². The molecular weight excluding hydrogens is 536 g/mol. The molecule has 3 aliphatic rings. The molecule has 2 aromatic carbocycles. The number of nitrogens with zero attached hydrogens (tertiary/aromatic N) is 1. The van der Waals surface area contributed by atoms with Gasteiger partial charge >= 0.3 is 5.97 Å². The van der Waals surface area contributed by atoms with Crippen molar-refractivity contribution in [2.24, 2.45) is 5.92 Å². The fraction of sp³-hybridized carbons (Fsp3) is 0.545. The highest BCUT2D eigenvalue weighted by molar-refractivity contribution is 8.14. The lowest BCUT2D eigenvalue weighted by molar-refractivity contribution is -0.140. The minimum absolute atomic E-state index is 0.110. The zero-order valence-electron chi connectivity index (χ0n) is 24.3. The Labute approximate surface area is 248 Å². The number of carbonyl (C=O) groups is 3. The molecule has 0 bridgehead atoms. The number of thioether (sulfide) groups is 1. The van der Waals surface area contributed by atoms with Crippen LogP contribution in [0.3, 0.4) is 0 Å². The minimum atomic E-state index is -1.05. The van der Waals surface area contributed by atoms with Crippen LogP contribution in [-0.2, 0) is 16.0 Å². The molecule has 2 aromatic rings. The maximum Gasteiger partial charge on any atom is 0.327 e. The summed E-state index contributed by atoms with van der Waals surface area (Å²) in [6, 6.07) is 14.8. The van der Waals surface area contributed by atoms with Crippen LogP contribution in [0.15, 0.2) is 48.5 Å². The predicted octanol–water partition coefficient (Wildman–Crippen LogP) is 6.49. The van der Waals surface area contributed by atoms with Crippen LogP contribution in [0, 0.1) is 5.92 Å². The summed E-state index contributed by atoms with van der Waals surface area (Å²) in [5, 5.41) is 13.3. The zero-order chi connectivity index (χ0) is 29.2. The van der Waals surface area contributed by atoms with Gasteiger partial charge in [-0.1, -0.05) is 87.5 Å². The van der Waals surface area contributed by atoms with Gasteiger partial charge in [0.05, 0.1) is 7.11 Å². The Morgan fingerprint density at radius 2 is 1.56 bits per heavy atom. The molecule has 0 spiro atoms. The molecule has 5 rings (SSSR count). The van der Waals surface area contributed by atoms with Gasteiger partial charge in [-0.2, -0.15) is 0 Å². The van der Waals surface area contributed by atoms with Gasteiger partial charge in [0.25, 0.3) is 0 Å². The fourth-order valence-electron chi connectivity index (χ4n) is 6.06. The second-order valence-electron chi connectivity index (χ2n) is 11.5. The van der Waals surface area contributed by atoms with E-state index >= 15 is 0 Å². The van der Waals surface area contributed by atoms with Crippen molar-refractivity contribution in [3.63, 3.8) is 0 Å². The number of hydrogen-bond acceptors (Lipinski definition) is 6. The van der Waals surface area contributed by atoms with E-state index in [2.05, 4.69) is 5.32 Å². The molecular formula is C33H44N2O5S. The highest BCUT2D eigenvalue weighted by atomic mass is 32.2. The molecule has 1 amide bonds. The van der Waals surface area contributed by atoms with Gasteiger partial charge in [0.15, 0.2) is 0 Å². The monoisotopic (exact) mass is 580 g/mol. The van der Waals surface area contributed by atoms with Crippen LogP contribution >= 0.6 is 11.8 Å². The largest absolute Gasteiger partial charge is 0.497 e. The second kappa shape index (κ2) is 15.4. The predicted molar refractivity (Wildman–Crippen MR) is 165 cm³/mol. The van der Waals surface area contributed by atoms with E-state index < -0.39 is 17.9 Å². The van der Waals surface area contributed by atoms with E-state index in [0.29, 0.717) is 17.0 Å². The summed E-state index contributed by atoms with van der Waals surface area (Å²) in [5.41, 5.74) is 1.93. The van der Waals surface area contributed by atoms with Crippen LogP contribution in [0.5, 0.6) is 5.75 Å². The molecule has 2 atom stereocenters. The van der Waals surface area contributed by atoms with E-state index in [1.165, 1.54) is 76.2 Å². The van der Waals surface area contributed by atoms with E-state index in [1.54, 1.807) is 49.4 Å². The molecule has 2 aliphatic carbocycles. The standard InChI is InChI=1S/C21H21NO5S.C12H23N/c1-13(12-28-21(26)14-6-4-3-5-7-14)19(23)22-17-9-8-16(27-2)10-15(17)11-18(22)20(24)25;1-3-7-11(8-4-1)13-12-9-5-2-6-10-12/h3-10,13,18H,11-12H2,1-2H3,(H,24,25);11-13H,1-10H2/t13-,18+;/m1./s1. The molecule has 2 fully saturated rings. The van der Waals surface area contributed by atoms with Crippen LogP contribution in [0.1, 0.15) is 87.1 Å². The first kappa shape index (κ1) is 31.1. The Kier molecular flexibility index (Phi) is 11.7. The first-order chi connectivity index (χ1) is 19.9. The molecule has 0 radical (unpaired) electrons. The Morgan fingerprint density at radius 3 is 2.12 bits per heavy atom. The van der Waals surface area contributed by atoms with Crippen LogP contribution in [0.4, 0.5) is 5.69 Å². The highest BCUT2D eigenvalue weighted by Crippen LogP contribution is 2.36. The molecule has 41 heavy (non-hydrogen) atoms. The van der Waals surface area contributed by atoms with Crippen molar-refractivity contribution < 1.29 is 24.2 Å². The average molecular weight is 581 g/mol. The number of hydrogen-bond donors (Lipinski definition) is 2. The summed E-state index contributed by atoms with van der Waals surface area (Å²) in [6.07, 6.45) is 14.8. The Balaban J connectivity index is 0.000000247. The molecule has 7 nitrogen and oxygen atoms in total. The molecule has 0 unspecified atom stereocenters. The quantitative estimate of drug-likeness (QED) is 0.369. The Bertz CT molecular complexity index is 1150. The van der Waals surface area contributed by atoms with Gasteiger partial charge in [-0.05, 0) is 49.4 Å². The lowest BCUT2D eigenvalue weighted by Gasteiger charge is -2.30. The van der Waals surface area contributed by atoms with E-state index in [1.807, 2.05) is 6.07 Å². The number of benzene rings is 2. The maximum absolute atomic E-state index is 13.0. The second-order valence-corrected chi connectivity index (χ2v) is 12.5. The molecule has 222 valence electrons. The third-order valence-corrected chi connectivity index (χ3v) is 9.54. The van der Waals surface area contributed by atoms with Crippen LogP contribution in [0.2, 0.25) is 0 Å². The number of methoxy groups -OCH3 is 1. The summed E-state index contributed by atoms with van der Waals surface area (Å²) >= 11 is 1.07. The van der Waals surface area contributed by atoms with Crippen LogP contribution in [0.25, 0.3) is 0 Å². The molecule has 1 aliphatic heterocycles. The van der Waals surface area contributed by atoms with Gasteiger partial charge in [-0.25, -0.2) is 4.79 Å². The maximum atomic E-state index is 13.0. The van der Waals surface area contributed by atoms with Gasteiger partial charge in [-0.3, -0.25) is 14.5 Å². The normalized spacial score (nSPS) is 20.0. The van der Waals surface area contributed by atoms with Gasteiger partial charge in [0.2, 0.25) is 11.0 Å². The number of rotatable bonds is 8. The third-order valence-electron chi connectivity index (χ3n) is 8.37. The van der Waals surface area contributed by atoms with Gasteiger partial charge in [0.1, 0.15) is 11.8 Å². The zero-order valence-corrected chi connectivity index (χ0v) is 25.2. The smallest absolute Gasteiger partial charge is 0.327 e. The van der Waals surface area contributed by atoms with Crippen molar-refractivity contribution in [2.75, 3.05) is 17.8 Å². The highest BCUT2D eigenvalue weighted by Gasteiger charge is 2.40. The lowest BCUT2D eigenvalue weighted by Crippen LogP contribution is -2.45. The third kappa shape index (κ3) is 8.58. The van der Waals surface area contributed by atoms with E-state index in [9.17, 15) is 19.5 Å². The summed E-state index contributed by atoms with van der Waals surface area (Å²) < 4.78 is 5.19. The van der Waals surface area contributed by atoms with Crippen molar-refractivity contribution in [1.29, 1.82) is 0 Å². The molecule has 0 saturated heterocycles. The summed E-state index contributed by atoms with van der Waals surface area (Å²) in [7, 11) is 1.54. The molecule has 1 heterocycles. The van der Waals surface area contributed by atoms with E-state index in [0.717, 1.165) is 29.4 Å². The fourth-order valence-corrected chi connectivity index (χ4v) is 6.91. The SMILES string of the molecule is C1CCC(NC2CCCCC2)CC1.COc1ccc2c(c1)C[C@@H](C(=O)O)N2C(=O)[C@H](C)CSC(=O)c1ccccc1. The van der Waals surface area contributed by atoms with E-state index in [-0.39, 0.29) is 23.2 Å². The number of amides is 1. The van der Waals surface area contributed by atoms with Gasteiger partial charge in [0, 0.05) is 41.4 Å². The van der Waals surface area contributed by atoms with Crippen molar-refractivity contribution in [1.82, 2.24) is 5.32 Å². The Hall–Kier alpha value is -2.84. The molecule has 8 heteroatoms. The van der Waals surface area contributed by atoms with Gasteiger partial charge < -0.3 is 15.2 Å². The lowest BCUT2D eigenvalue weighted by atomic mass is 9.91. The first-order valence-corrected chi connectivity index (χ1v) is 16.1. The summed E-state index contributed by atoms with van der Waals surface area (Å²) in [4.78, 5) is 38.4. The number of fused-ring (bicyclic) bond motifs is 1. The number of carboxylic acids is 1. The number of carbonyl (C=O) groups excluding carboxylic acids is 2. The summed E-state index contributed by atoms with van der Waals surface area (Å²) in [6.45, 7) is 1.72. The number of nitrogens with one attached hydrogen (secondary N) is 1. The van der Waals surface area contributed by atoms with Crippen molar-refractivity contribution in [3.05, 3.63) is 59.7 Å². The molecule has 0 aromatic heterocycles. The number of aliphatic carboxylic acids is 1. The Morgan fingerprint density at radius 1 is 0.951 bits per heavy atom. The van der Waals surface area contributed by atoms with Crippen molar-refractivity contribution >= 4 is 34.4 Å². The topological polar surface area (TPSA) is 95.9 Å². The first-order valence-electron chi connectivity index (χ1n) is 15.1. The van der Waals surface area contributed by atoms with Gasteiger partial charge in [-0.15, -0.1) is 0 Å². The average Bonchev–Trinajstić information content (AvgIpc) is 3.40. The molecule has 2 N–H and O–H groups in total. The van der Waals surface area contributed by atoms with Crippen molar-refractivity contribution in [2.45, 2.75) is 95.7 Å². The molecule has 2 saturated carbocycles. The van der Waals surface area contributed by atoms with Crippen molar-refractivity contribution in [3.8, 4) is 5.75 Å². The number of ether oxygens (including phenoxy) is 1. The summed E-state index contributed by atoms with van der Waals surface area (Å²) in [5.74, 6) is -0.962. The number of carboxylic acid groups (broad SMARTS) is 1. The van der Waals surface area contributed by atoms with Crippen LogP contribution in [-0.4, -0.2) is 53.1 Å². The number of anilines is 1. The van der Waals surface area contributed by atoms with Crippen LogP contribution < -0.4 is 15.0 Å².